The average molecular weight is 507 g/mol. The quantitative estimate of drug-likeness (QED) is 0.310. The predicted octanol–water partition coefficient (Wildman–Crippen LogP) is 7.53. The first kappa shape index (κ1) is 28.1. The average Bonchev–Trinajstić information content (AvgIpc) is 2.90. The zero-order chi connectivity index (χ0) is 27.0. The van der Waals surface area contributed by atoms with Gasteiger partial charge in [-0.3, -0.25) is 14.7 Å². The van der Waals surface area contributed by atoms with Crippen molar-refractivity contribution >= 4 is 12.5 Å². The van der Waals surface area contributed by atoms with Crippen molar-refractivity contribution < 1.29 is 18.0 Å². The number of ketones is 1. The lowest BCUT2D eigenvalue weighted by atomic mass is 9.93. The molecule has 6 heteroatoms. The molecular weight excluding hydrogens is 473 g/mol. The summed E-state index contributed by atoms with van der Waals surface area (Å²) in [6, 6.07) is 24.7. The molecule has 194 valence electrons. The number of rotatable bonds is 7. The van der Waals surface area contributed by atoms with Crippen LogP contribution in [0.3, 0.4) is 0 Å². The van der Waals surface area contributed by atoms with Gasteiger partial charge in [0.15, 0.2) is 5.78 Å². The van der Waals surface area contributed by atoms with Crippen molar-refractivity contribution in [3.63, 3.8) is 0 Å². The summed E-state index contributed by atoms with van der Waals surface area (Å²) in [5, 5.41) is 0. The van der Waals surface area contributed by atoms with Crippen molar-refractivity contribution in [1.29, 1.82) is 0 Å². The number of carbonyl (C=O) groups is 1. The summed E-state index contributed by atoms with van der Waals surface area (Å²) in [4.78, 5) is 17.4. The summed E-state index contributed by atoms with van der Waals surface area (Å²) >= 11 is 0. The molecule has 0 fully saturated rings. The second-order valence-electron chi connectivity index (χ2n) is 9.34. The van der Waals surface area contributed by atoms with Gasteiger partial charge in [0, 0.05) is 61.3 Å². The molecular formula is C31H33F3N2O. The second kappa shape index (κ2) is 12.6. The zero-order valence-electron chi connectivity index (χ0n) is 21.6. The third-order valence-corrected chi connectivity index (χ3v) is 6.56. The van der Waals surface area contributed by atoms with Gasteiger partial charge in [-0.1, -0.05) is 79.7 Å². The topological polar surface area (TPSA) is 32.7 Å². The van der Waals surface area contributed by atoms with Crippen LogP contribution in [-0.2, 0) is 17.3 Å². The first-order chi connectivity index (χ1) is 17.6. The lowest BCUT2D eigenvalue weighted by Gasteiger charge is -2.28. The highest BCUT2D eigenvalue weighted by atomic mass is 19.3. The standard InChI is InChI=1S/C17H19F3N2O.C14H14/c1-11(23)14-10-22(7-6-16(14)21-3)9-12-4-5-13(8-15(12)18)17(2,19)20;1-12(13-8-4-2-5-9-13)14-10-6-3-7-11-14/h4-5,8H,3,6-7,9-10H2,1-2H3;2-12H,1H3. The van der Waals surface area contributed by atoms with E-state index in [2.05, 4.69) is 79.3 Å². The number of hydrogen-bond donors (Lipinski definition) is 0. The fraction of sp³-hybridized carbons (Fsp3) is 0.290. The first-order valence-electron chi connectivity index (χ1n) is 12.3. The van der Waals surface area contributed by atoms with E-state index < -0.39 is 11.7 Å². The van der Waals surface area contributed by atoms with Gasteiger partial charge in [-0.15, -0.1) is 0 Å². The Labute approximate surface area is 217 Å². The molecule has 37 heavy (non-hydrogen) atoms. The number of benzene rings is 3. The smallest absolute Gasteiger partial charge is 0.270 e. The van der Waals surface area contributed by atoms with Crippen LogP contribution in [-0.4, -0.2) is 30.5 Å². The number of Topliss-reactive ketones (excluding diaryl/α,β-unsaturated/α-hetero) is 1. The molecule has 0 aliphatic carbocycles. The molecule has 1 heterocycles. The minimum atomic E-state index is -3.07. The fourth-order valence-electron chi connectivity index (χ4n) is 4.30. The molecule has 1 aliphatic heterocycles. The molecule has 0 atom stereocenters. The van der Waals surface area contributed by atoms with E-state index in [0.717, 1.165) is 13.0 Å². The third kappa shape index (κ3) is 7.73. The number of hydrogen-bond acceptors (Lipinski definition) is 3. The summed E-state index contributed by atoms with van der Waals surface area (Å²) in [7, 11) is 0. The molecule has 3 aromatic carbocycles. The number of alkyl halides is 2. The Kier molecular flexibility index (Phi) is 9.59. The van der Waals surface area contributed by atoms with Crippen LogP contribution in [0, 0.1) is 5.82 Å². The van der Waals surface area contributed by atoms with Gasteiger partial charge < -0.3 is 0 Å². The first-order valence-corrected chi connectivity index (χ1v) is 12.3. The maximum atomic E-state index is 14.1. The fourth-order valence-corrected chi connectivity index (χ4v) is 4.30. The largest absolute Gasteiger partial charge is 0.295 e. The van der Waals surface area contributed by atoms with Gasteiger partial charge in [0.25, 0.3) is 5.92 Å². The predicted molar refractivity (Wildman–Crippen MR) is 144 cm³/mol. The maximum Gasteiger partial charge on any atom is 0.270 e. The van der Waals surface area contributed by atoms with Crippen LogP contribution >= 0.6 is 0 Å². The van der Waals surface area contributed by atoms with Crippen molar-refractivity contribution in [3.05, 3.63) is 118 Å². The van der Waals surface area contributed by atoms with E-state index in [1.165, 1.54) is 30.2 Å². The van der Waals surface area contributed by atoms with Crippen molar-refractivity contribution in [2.75, 3.05) is 13.1 Å². The van der Waals surface area contributed by atoms with E-state index in [9.17, 15) is 18.0 Å². The summed E-state index contributed by atoms with van der Waals surface area (Å²) < 4.78 is 40.5. The molecule has 0 amide bonds. The Morgan fingerprint density at radius 3 is 2.05 bits per heavy atom. The van der Waals surface area contributed by atoms with Gasteiger partial charge >= 0.3 is 0 Å². The Hall–Kier alpha value is -3.51. The van der Waals surface area contributed by atoms with Crippen molar-refractivity contribution in [2.24, 2.45) is 4.99 Å². The van der Waals surface area contributed by atoms with E-state index in [1.807, 2.05) is 4.90 Å². The van der Waals surface area contributed by atoms with Crippen molar-refractivity contribution in [1.82, 2.24) is 4.90 Å². The van der Waals surface area contributed by atoms with E-state index in [0.29, 0.717) is 42.3 Å². The summed E-state index contributed by atoms with van der Waals surface area (Å²) in [6.45, 7) is 9.12. The van der Waals surface area contributed by atoms with Crippen LogP contribution in [0.5, 0.6) is 0 Å². The highest BCUT2D eigenvalue weighted by Gasteiger charge is 2.26. The van der Waals surface area contributed by atoms with Gasteiger partial charge in [0.1, 0.15) is 5.82 Å². The van der Waals surface area contributed by atoms with Crippen molar-refractivity contribution in [2.45, 2.75) is 45.6 Å². The Balaban J connectivity index is 0.000000231. The highest BCUT2D eigenvalue weighted by Crippen LogP contribution is 2.29. The van der Waals surface area contributed by atoms with Crippen LogP contribution in [0.4, 0.5) is 13.2 Å². The van der Waals surface area contributed by atoms with Crippen LogP contribution in [0.15, 0.2) is 95.1 Å². The molecule has 0 saturated heterocycles. The van der Waals surface area contributed by atoms with E-state index in [4.69, 9.17) is 0 Å². The minimum Gasteiger partial charge on any atom is -0.295 e. The van der Waals surface area contributed by atoms with Gasteiger partial charge in [-0.05, 0) is 30.8 Å². The van der Waals surface area contributed by atoms with Crippen molar-refractivity contribution in [3.8, 4) is 0 Å². The second-order valence-corrected chi connectivity index (χ2v) is 9.34. The molecule has 0 spiro atoms. The molecule has 0 saturated carbocycles. The SMILES string of the molecule is C=NC1=C(C(C)=O)CN(Cc2ccc(C(C)(F)F)cc2F)CC1.CC(c1ccccc1)c1ccccc1. The Morgan fingerprint density at radius 1 is 1.03 bits per heavy atom. The molecule has 0 bridgehead atoms. The maximum absolute atomic E-state index is 14.1. The number of carbonyl (C=O) groups excluding carboxylic acids is 1. The Morgan fingerprint density at radius 2 is 1.59 bits per heavy atom. The van der Waals surface area contributed by atoms with E-state index in [1.54, 1.807) is 0 Å². The van der Waals surface area contributed by atoms with Crippen LogP contribution in [0.25, 0.3) is 0 Å². The molecule has 1 aliphatic rings. The van der Waals surface area contributed by atoms with Crippen LogP contribution in [0.2, 0.25) is 0 Å². The van der Waals surface area contributed by atoms with E-state index in [-0.39, 0.29) is 17.9 Å². The van der Waals surface area contributed by atoms with Gasteiger partial charge in [0.05, 0.1) is 0 Å². The molecule has 0 N–H and O–H groups in total. The minimum absolute atomic E-state index is 0.0847. The molecule has 0 aromatic heterocycles. The number of halogens is 3. The highest BCUT2D eigenvalue weighted by molar-refractivity contribution is 5.94. The lowest BCUT2D eigenvalue weighted by Crippen LogP contribution is -2.33. The number of nitrogens with zero attached hydrogens (tertiary/aromatic N) is 2. The van der Waals surface area contributed by atoms with Gasteiger partial charge in [0.2, 0.25) is 0 Å². The molecule has 3 nitrogen and oxygen atoms in total. The molecule has 0 unspecified atom stereocenters. The lowest BCUT2D eigenvalue weighted by molar-refractivity contribution is -0.114. The monoisotopic (exact) mass is 506 g/mol. The molecule has 0 radical (unpaired) electrons. The third-order valence-electron chi connectivity index (χ3n) is 6.56. The summed E-state index contributed by atoms with van der Waals surface area (Å²) in [5.74, 6) is -3.33. The van der Waals surface area contributed by atoms with Gasteiger partial charge in [-0.25, -0.2) is 13.2 Å². The summed E-state index contributed by atoms with van der Waals surface area (Å²) in [5.41, 5.74) is 3.98. The van der Waals surface area contributed by atoms with Crippen LogP contribution < -0.4 is 0 Å². The zero-order valence-corrected chi connectivity index (χ0v) is 21.6. The summed E-state index contributed by atoms with van der Waals surface area (Å²) in [6.07, 6.45) is 0.561. The molecule has 4 rings (SSSR count). The molecule has 3 aromatic rings. The number of aliphatic imine (C=N–C) groups is 1. The normalized spacial score (nSPS) is 14.2. The van der Waals surface area contributed by atoms with Crippen LogP contribution in [0.1, 0.15) is 55.4 Å². The Bertz CT molecular complexity index is 1190. The van der Waals surface area contributed by atoms with Gasteiger partial charge in [-0.2, -0.15) is 0 Å². The van der Waals surface area contributed by atoms with E-state index >= 15 is 0 Å².